The Bertz CT molecular complexity index is 788. The van der Waals surface area contributed by atoms with Gasteiger partial charge in [-0.1, -0.05) is 18.2 Å². The molecule has 0 aromatic heterocycles. The Morgan fingerprint density at radius 1 is 1.31 bits per heavy atom. The van der Waals surface area contributed by atoms with Crippen molar-refractivity contribution >= 4 is 21.8 Å². The molecule has 0 fully saturated rings. The minimum atomic E-state index is -3.87. The third kappa shape index (κ3) is 7.11. The molecule has 0 atom stereocenters. The molecule has 0 aliphatic carbocycles. The number of aliphatic hydroxyl groups excluding tert-OH is 1. The van der Waals surface area contributed by atoms with Crippen LogP contribution in [0.25, 0.3) is 0 Å². The van der Waals surface area contributed by atoms with Crippen LogP contribution in [-0.4, -0.2) is 49.9 Å². The number of nitrogens with zero attached hydrogens (tertiary/aromatic N) is 1. The summed E-state index contributed by atoms with van der Waals surface area (Å²) >= 11 is 0. The molecule has 2 N–H and O–H groups in total. The number of carbonyl (C=O) groups is 2. The van der Waals surface area contributed by atoms with Crippen LogP contribution in [0.4, 0.5) is 0 Å². The van der Waals surface area contributed by atoms with Crippen LogP contribution in [0, 0.1) is 0 Å². The Morgan fingerprint density at radius 2 is 1.92 bits per heavy atom. The Balaban J connectivity index is 2.94. The molecule has 144 valence electrons. The fourth-order valence-corrected chi connectivity index (χ4v) is 2.31. The zero-order valence-corrected chi connectivity index (χ0v) is 15.7. The van der Waals surface area contributed by atoms with Gasteiger partial charge in [0, 0.05) is 5.56 Å². The van der Waals surface area contributed by atoms with Crippen LogP contribution in [0.15, 0.2) is 36.1 Å². The number of ether oxygens (including phenoxy) is 1. The number of carbonyl (C=O) groups excluding carboxylic acids is 2. The number of sulfonamides is 1. The number of hydroxylamine groups is 2. The maximum atomic E-state index is 12.2. The second-order valence-corrected chi connectivity index (χ2v) is 7.31. The van der Waals surface area contributed by atoms with Gasteiger partial charge in [-0.2, -0.15) is 0 Å². The monoisotopic (exact) mass is 386 g/mol. The van der Waals surface area contributed by atoms with Crippen molar-refractivity contribution in [3.8, 4) is 5.75 Å². The lowest BCUT2D eigenvalue weighted by atomic mass is 10.2. The summed E-state index contributed by atoms with van der Waals surface area (Å²) in [5, 5.41) is 10.5. The number of benzene rings is 1. The van der Waals surface area contributed by atoms with E-state index in [1.807, 2.05) is 13.8 Å². The van der Waals surface area contributed by atoms with Crippen molar-refractivity contribution in [2.45, 2.75) is 26.5 Å². The summed E-state index contributed by atoms with van der Waals surface area (Å²) in [6.07, 6.45) is 1.23. The molecule has 1 rings (SSSR count). The molecule has 0 heterocycles. The summed E-state index contributed by atoms with van der Waals surface area (Å²) < 4.78 is 29.2. The molecule has 0 radical (unpaired) electrons. The first-order chi connectivity index (χ1) is 12.0. The zero-order chi connectivity index (χ0) is 19.9. The fourth-order valence-electron chi connectivity index (χ4n) is 1.87. The van der Waals surface area contributed by atoms with Crippen LogP contribution in [0.3, 0.4) is 0 Å². The summed E-state index contributed by atoms with van der Waals surface area (Å²) in [4.78, 5) is 28.7. The third-order valence-corrected chi connectivity index (χ3v) is 3.44. The van der Waals surface area contributed by atoms with Crippen molar-refractivity contribution < 1.29 is 32.7 Å². The van der Waals surface area contributed by atoms with Crippen molar-refractivity contribution in [3.05, 3.63) is 41.7 Å². The normalized spacial score (nSPS) is 12.0. The summed E-state index contributed by atoms with van der Waals surface area (Å²) in [5.41, 5.74) is 0.643. The van der Waals surface area contributed by atoms with Gasteiger partial charge in [-0.3, -0.25) is 14.4 Å². The SMILES string of the molecule is CON(Cc1ccccc1OC(C)C)C(=O)/C=C(\O)C(=O)NS(C)(=O)=O. The molecule has 10 heteroatoms. The van der Waals surface area contributed by atoms with Crippen LogP contribution in [0.5, 0.6) is 5.75 Å². The molecule has 0 aliphatic rings. The highest BCUT2D eigenvalue weighted by Crippen LogP contribution is 2.21. The van der Waals surface area contributed by atoms with Crippen molar-refractivity contribution in [2.75, 3.05) is 13.4 Å². The first-order valence-electron chi connectivity index (χ1n) is 7.56. The standard InChI is InChI=1S/C16H22N2O7S/c1-11(2)25-14-8-6-5-7-12(14)10-18(24-3)15(20)9-13(19)16(21)17-26(4,22)23/h5-9,11,19H,10H2,1-4H3,(H,17,21)/b13-9-. The molecule has 9 nitrogen and oxygen atoms in total. The van der Waals surface area contributed by atoms with Crippen LogP contribution < -0.4 is 9.46 Å². The molecular formula is C16H22N2O7S. The van der Waals surface area contributed by atoms with Gasteiger partial charge in [-0.25, -0.2) is 18.2 Å². The van der Waals surface area contributed by atoms with E-state index in [9.17, 15) is 23.1 Å². The van der Waals surface area contributed by atoms with E-state index in [-0.39, 0.29) is 12.6 Å². The topological polar surface area (TPSA) is 122 Å². The summed E-state index contributed by atoms with van der Waals surface area (Å²) in [5.74, 6) is -2.68. The van der Waals surface area contributed by atoms with Gasteiger partial charge in [0.25, 0.3) is 11.8 Å². The van der Waals surface area contributed by atoms with E-state index in [2.05, 4.69) is 0 Å². The van der Waals surface area contributed by atoms with Gasteiger partial charge in [-0.05, 0) is 19.9 Å². The summed E-state index contributed by atoms with van der Waals surface area (Å²) in [6.45, 7) is 3.70. The number of rotatable bonds is 8. The van der Waals surface area contributed by atoms with E-state index >= 15 is 0 Å². The molecule has 0 bridgehead atoms. The van der Waals surface area contributed by atoms with Crippen LogP contribution in [0.1, 0.15) is 19.4 Å². The first kappa shape index (κ1) is 21.5. The molecule has 0 saturated carbocycles. The number of amides is 2. The van der Waals surface area contributed by atoms with E-state index < -0.39 is 27.6 Å². The molecule has 0 aliphatic heterocycles. The molecule has 2 amide bonds. The van der Waals surface area contributed by atoms with Gasteiger partial charge >= 0.3 is 0 Å². The van der Waals surface area contributed by atoms with Crippen LogP contribution in [0.2, 0.25) is 0 Å². The highest BCUT2D eigenvalue weighted by atomic mass is 32.2. The summed E-state index contributed by atoms with van der Waals surface area (Å²) in [7, 11) is -2.63. The molecule has 0 spiro atoms. The number of hydrogen-bond donors (Lipinski definition) is 2. The molecule has 1 aromatic carbocycles. The molecule has 1 aromatic rings. The Hall–Kier alpha value is -2.59. The second kappa shape index (κ2) is 9.20. The predicted molar refractivity (Wildman–Crippen MR) is 93.5 cm³/mol. The Labute approximate surface area is 152 Å². The molecule has 0 unspecified atom stereocenters. The van der Waals surface area contributed by atoms with Gasteiger partial charge in [0.15, 0.2) is 5.76 Å². The van der Waals surface area contributed by atoms with E-state index in [1.165, 1.54) is 7.11 Å². The Kier molecular flexibility index (Phi) is 7.59. The number of para-hydroxylation sites is 1. The van der Waals surface area contributed by atoms with Gasteiger partial charge in [0.2, 0.25) is 10.0 Å². The van der Waals surface area contributed by atoms with Crippen molar-refractivity contribution in [1.29, 1.82) is 0 Å². The van der Waals surface area contributed by atoms with Crippen molar-refractivity contribution in [1.82, 2.24) is 9.79 Å². The summed E-state index contributed by atoms with van der Waals surface area (Å²) in [6, 6.07) is 7.01. The predicted octanol–water partition coefficient (Wildman–Crippen LogP) is 0.881. The zero-order valence-electron chi connectivity index (χ0n) is 14.9. The van der Waals surface area contributed by atoms with Crippen LogP contribution >= 0.6 is 0 Å². The number of aliphatic hydroxyl groups is 1. The van der Waals surface area contributed by atoms with E-state index in [0.29, 0.717) is 17.4 Å². The van der Waals surface area contributed by atoms with E-state index in [1.54, 1.807) is 29.0 Å². The highest BCUT2D eigenvalue weighted by Gasteiger charge is 2.19. The lowest BCUT2D eigenvalue weighted by Crippen LogP contribution is -2.33. The molecule has 0 saturated heterocycles. The number of nitrogens with one attached hydrogen (secondary N) is 1. The van der Waals surface area contributed by atoms with Gasteiger partial charge in [-0.15, -0.1) is 0 Å². The minimum Gasteiger partial charge on any atom is -0.503 e. The number of hydrogen-bond acceptors (Lipinski definition) is 7. The lowest BCUT2D eigenvalue weighted by Gasteiger charge is -2.21. The quantitative estimate of drug-likeness (QED) is 0.386. The maximum absolute atomic E-state index is 12.2. The second-order valence-electron chi connectivity index (χ2n) is 5.56. The van der Waals surface area contributed by atoms with E-state index in [4.69, 9.17) is 9.57 Å². The van der Waals surface area contributed by atoms with Gasteiger partial charge in [0.05, 0.1) is 32.1 Å². The fraction of sp³-hybridized carbons (Fsp3) is 0.375. The largest absolute Gasteiger partial charge is 0.503 e. The maximum Gasteiger partial charge on any atom is 0.299 e. The van der Waals surface area contributed by atoms with Crippen molar-refractivity contribution in [2.24, 2.45) is 0 Å². The van der Waals surface area contributed by atoms with Crippen LogP contribution in [-0.2, 0) is 31.0 Å². The first-order valence-corrected chi connectivity index (χ1v) is 9.45. The lowest BCUT2D eigenvalue weighted by molar-refractivity contribution is -0.173. The minimum absolute atomic E-state index is 0.0182. The molecule has 26 heavy (non-hydrogen) atoms. The average molecular weight is 386 g/mol. The van der Waals surface area contributed by atoms with Gasteiger partial charge < -0.3 is 9.84 Å². The average Bonchev–Trinajstić information content (AvgIpc) is 2.51. The Morgan fingerprint density at radius 3 is 2.46 bits per heavy atom. The third-order valence-electron chi connectivity index (χ3n) is 2.89. The highest BCUT2D eigenvalue weighted by molar-refractivity contribution is 7.89. The van der Waals surface area contributed by atoms with E-state index in [0.717, 1.165) is 11.3 Å². The van der Waals surface area contributed by atoms with Gasteiger partial charge in [0.1, 0.15) is 5.75 Å². The smallest absolute Gasteiger partial charge is 0.299 e. The molecular weight excluding hydrogens is 364 g/mol. The van der Waals surface area contributed by atoms with Crippen molar-refractivity contribution in [3.63, 3.8) is 0 Å².